The number of aliphatic hydroxyl groups excluding tert-OH is 1. The summed E-state index contributed by atoms with van der Waals surface area (Å²) in [7, 11) is -3.32. The number of hydrogen-bond donors (Lipinski definition) is 1. The molecule has 0 amide bonds. The molecule has 4 nitrogen and oxygen atoms in total. The zero-order chi connectivity index (χ0) is 14.3. The van der Waals surface area contributed by atoms with Crippen LogP contribution >= 0.6 is 0 Å². The zero-order valence-corrected chi connectivity index (χ0v) is 11.2. The summed E-state index contributed by atoms with van der Waals surface area (Å²) in [5, 5.41) is 19.6. The number of hydrogen-bond acceptors (Lipinski definition) is 4. The molecule has 1 heterocycles. The van der Waals surface area contributed by atoms with E-state index in [4.69, 9.17) is 0 Å². The molecule has 6 heteroatoms. The van der Waals surface area contributed by atoms with Crippen LogP contribution in [0.25, 0.3) is 0 Å². The second-order valence-corrected chi connectivity index (χ2v) is 7.20. The fourth-order valence-corrected chi connectivity index (χ4v) is 4.41. The van der Waals surface area contributed by atoms with Crippen molar-refractivity contribution in [1.29, 1.82) is 5.26 Å². The molecule has 0 saturated carbocycles. The maximum Gasteiger partial charge on any atom is 0.152 e. The number of rotatable bonds is 2. The van der Waals surface area contributed by atoms with Gasteiger partial charge in [-0.25, -0.2) is 12.8 Å². The number of benzene rings is 1. The molecule has 1 saturated heterocycles. The topological polar surface area (TPSA) is 78.2 Å². The van der Waals surface area contributed by atoms with Crippen molar-refractivity contribution in [2.24, 2.45) is 5.41 Å². The van der Waals surface area contributed by atoms with E-state index in [2.05, 4.69) is 0 Å². The van der Waals surface area contributed by atoms with E-state index in [-0.39, 0.29) is 23.5 Å². The molecule has 1 aliphatic heterocycles. The minimum absolute atomic E-state index is 0.0724. The third kappa shape index (κ3) is 2.48. The summed E-state index contributed by atoms with van der Waals surface area (Å²) in [5.41, 5.74) is -0.469. The molecule has 1 aromatic rings. The first kappa shape index (κ1) is 14.0. The maximum absolute atomic E-state index is 13.3. The van der Waals surface area contributed by atoms with Crippen LogP contribution in [0.2, 0.25) is 0 Å². The van der Waals surface area contributed by atoms with E-state index in [0.717, 1.165) is 6.07 Å². The first-order valence-corrected chi connectivity index (χ1v) is 7.68. The van der Waals surface area contributed by atoms with Gasteiger partial charge in [-0.05, 0) is 36.6 Å². The van der Waals surface area contributed by atoms with Gasteiger partial charge in [0.2, 0.25) is 0 Å². The molecule has 19 heavy (non-hydrogen) atoms. The van der Waals surface area contributed by atoms with E-state index in [1.54, 1.807) is 6.92 Å². The largest absolute Gasteiger partial charge is 0.387 e. The van der Waals surface area contributed by atoms with Crippen molar-refractivity contribution >= 4 is 9.84 Å². The number of nitriles is 1. The Balaban J connectivity index is 2.46. The van der Waals surface area contributed by atoms with Crippen molar-refractivity contribution in [3.8, 4) is 6.07 Å². The van der Waals surface area contributed by atoms with Gasteiger partial charge in [0.15, 0.2) is 9.84 Å². The number of halogens is 1. The molecular weight excluding hydrogens is 269 g/mol. The maximum atomic E-state index is 13.3. The summed E-state index contributed by atoms with van der Waals surface area (Å²) in [6.07, 6.45) is -1.23. The first-order chi connectivity index (χ1) is 8.80. The highest BCUT2D eigenvalue weighted by Crippen LogP contribution is 2.43. The highest BCUT2D eigenvalue weighted by Gasteiger charge is 2.48. The van der Waals surface area contributed by atoms with Gasteiger partial charge >= 0.3 is 0 Å². The fraction of sp³-hybridized carbons (Fsp3) is 0.462. The Morgan fingerprint density at radius 3 is 2.74 bits per heavy atom. The lowest BCUT2D eigenvalue weighted by atomic mass is 9.79. The monoisotopic (exact) mass is 283 g/mol. The second kappa shape index (κ2) is 4.58. The Morgan fingerprint density at radius 2 is 2.21 bits per heavy atom. The number of nitrogens with zero attached hydrogens (tertiary/aromatic N) is 1. The lowest BCUT2D eigenvalue weighted by Crippen LogP contribution is -2.29. The molecule has 0 spiro atoms. The second-order valence-electron chi connectivity index (χ2n) is 5.01. The van der Waals surface area contributed by atoms with E-state index in [9.17, 15) is 23.2 Å². The van der Waals surface area contributed by atoms with Gasteiger partial charge in [0.25, 0.3) is 0 Å². The van der Waals surface area contributed by atoms with Crippen LogP contribution in [-0.4, -0.2) is 25.0 Å². The highest BCUT2D eigenvalue weighted by molar-refractivity contribution is 7.91. The Bertz CT molecular complexity index is 650. The molecule has 102 valence electrons. The Kier molecular flexibility index (Phi) is 3.37. The molecule has 1 aliphatic rings. The van der Waals surface area contributed by atoms with Gasteiger partial charge in [-0.1, -0.05) is 6.07 Å². The highest BCUT2D eigenvalue weighted by atomic mass is 32.2. The molecule has 1 fully saturated rings. The predicted molar refractivity (Wildman–Crippen MR) is 67.4 cm³/mol. The summed E-state index contributed by atoms with van der Waals surface area (Å²) in [6, 6.07) is 5.85. The van der Waals surface area contributed by atoms with E-state index in [1.807, 2.05) is 6.07 Å². The summed E-state index contributed by atoms with van der Waals surface area (Å²) in [4.78, 5) is 0. The van der Waals surface area contributed by atoms with Crippen LogP contribution in [0.15, 0.2) is 18.2 Å². The first-order valence-electron chi connectivity index (χ1n) is 5.85. The molecule has 1 N–H and O–H groups in total. The molecule has 2 unspecified atom stereocenters. The van der Waals surface area contributed by atoms with Gasteiger partial charge < -0.3 is 5.11 Å². The summed E-state index contributed by atoms with van der Waals surface area (Å²) in [6.45, 7) is 1.69. The molecule has 1 aromatic carbocycles. The van der Waals surface area contributed by atoms with E-state index < -0.39 is 27.2 Å². The standard InChI is InChI=1S/C13H14FNO3S/c1-9-2-3-10(14)6-11(9)12(16)13(7-15)4-5-19(17,18)8-13/h2-3,6,12,16H,4-5,8H2,1H3. The minimum Gasteiger partial charge on any atom is -0.387 e. The van der Waals surface area contributed by atoms with Crippen LogP contribution in [0.4, 0.5) is 4.39 Å². The lowest BCUT2D eigenvalue weighted by Gasteiger charge is -2.27. The minimum atomic E-state index is -3.32. The van der Waals surface area contributed by atoms with Gasteiger partial charge in [0.1, 0.15) is 11.2 Å². The molecule has 2 atom stereocenters. The van der Waals surface area contributed by atoms with Crippen molar-refractivity contribution in [2.75, 3.05) is 11.5 Å². The van der Waals surface area contributed by atoms with Crippen molar-refractivity contribution < 1.29 is 17.9 Å². The third-order valence-corrected chi connectivity index (χ3v) is 5.40. The van der Waals surface area contributed by atoms with Crippen LogP contribution < -0.4 is 0 Å². The molecule has 0 aliphatic carbocycles. The van der Waals surface area contributed by atoms with Crippen LogP contribution in [0, 0.1) is 29.5 Å². The SMILES string of the molecule is Cc1ccc(F)cc1C(O)C1(C#N)CCS(=O)(=O)C1. The smallest absolute Gasteiger partial charge is 0.152 e. The number of aliphatic hydroxyl groups is 1. The summed E-state index contributed by atoms with van der Waals surface area (Å²) in [5.74, 6) is -1.02. The Hall–Kier alpha value is -1.45. The Labute approximate surface area is 111 Å². The Morgan fingerprint density at radius 1 is 1.53 bits per heavy atom. The van der Waals surface area contributed by atoms with Gasteiger partial charge in [0.05, 0.1) is 23.7 Å². The molecule has 0 bridgehead atoms. The van der Waals surface area contributed by atoms with Crippen molar-refractivity contribution in [2.45, 2.75) is 19.4 Å². The molecule has 0 aromatic heterocycles. The lowest BCUT2D eigenvalue weighted by molar-refractivity contribution is 0.0785. The summed E-state index contributed by atoms with van der Waals surface area (Å²) >= 11 is 0. The fourth-order valence-electron chi connectivity index (χ4n) is 2.44. The van der Waals surface area contributed by atoms with Crippen LogP contribution in [0.5, 0.6) is 0 Å². The molecular formula is C13H14FNO3S. The van der Waals surface area contributed by atoms with Crippen molar-refractivity contribution in [1.82, 2.24) is 0 Å². The van der Waals surface area contributed by atoms with Crippen LogP contribution in [-0.2, 0) is 9.84 Å². The van der Waals surface area contributed by atoms with Gasteiger partial charge in [0, 0.05) is 0 Å². The number of sulfone groups is 1. The summed E-state index contributed by atoms with van der Waals surface area (Å²) < 4.78 is 36.4. The predicted octanol–water partition coefficient (Wildman–Crippen LogP) is 1.50. The normalized spacial score (nSPS) is 26.8. The molecule has 2 rings (SSSR count). The van der Waals surface area contributed by atoms with Crippen LogP contribution in [0.1, 0.15) is 23.7 Å². The van der Waals surface area contributed by atoms with Crippen molar-refractivity contribution in [3.05, 3.63) is 35.1 Å². The van der Waals surface area contributed by atoms with Crippen molar-refractivity contribution in [3.63, 3.8) is 0 Å². The third-order valence-electron chi connectivity index (χ3n) is 3.62. The van der Waals surface area contributed by atoms with E-state index in [1.165, 1.54) is 12.1 Å². The molecule has 0 radical (unpaired) electrons. The van der Waals surface area contributed by atoms with Gasteiger partial charge in [-0.2, -0.15) is 5.26 Å². The van der Waals surface area contributed by atoms with Gasteiger partial charge in [-0.3, -0.25) is 0 Å². The van der Waals surface area contributed by atoms with Gasteiger partial charge in [-0.15, -0.1) is 0 Å². The van der Waals surface area contributed by atoms with E-state index in [0.29, 0.717) is 5.56 Å². The van der Waals surface area contributed by atoms with E-state index >= 15 is 0 Å². The average Bonchev–Trinajstić information content (AvgIpc) is 2.68. The number of aryl methyl sites for hydroxylation is 1. The average molecular weight is 283 g/mol. The quantitative estimate of drug-likeness (QED) is 0.892. The van der Waals surface area contributed by atoms with Crippen LogP contribution in [0.3, 0.4) is 0 Å². The zero-order valence-electron chi connectivity index (χ0n) is 10.4.